The number of hydrazone groups is 1. The van der Waals surface area contributed by atoms with Crippen molar-refractivity contribution in [1.82, 2.24) is 9.91 Å². The van der Waals surface area contributed by atoms with Crippen LogP contribution < -0.4 is 4.74 Å². The number of hydrogen-bond donors (Lipinski definition) is 1. The van der Waals surface area contributed by atoms with Crippen LogP contribution in [0.1, 0.15) is 21.5 Å². The molecule has 3 aliphatic heterocycles. The standard InChI is InChI=1S/C24H21N5O4S/c1-15-2-6-17(7-3-15)22(31)33-18-8-4-16(5-9-18)14-19-20(25)29-23(26-21(19)30)34-24(27-29)28-10-12-32-13-11-28/h2-9,14,25H,10-13H2,1H3/b19-14-,25-20?. The van der Waals surface area contributed by atoms with E-state index in [1.54, 1.807) is 42.5 Å². The maximum absolute atomic E-state index is 12.6. The highest BCUT2D eigenvalue weighted by molar-refractivity contribution is 8.26. The molecule has 0 unspecified atom stereocenters. The Bertz CT molecular complexity index is 1250. The van der Waals surface area contributed by atoms with Crippen LogP contribution >= 0.6 is 11.8 Å². The molecule has 0 atom stereocenters. The molecular weight excluding hydrogens is 454 g/mol. The Morgan fingerprint density at radius 1 is 1.09 bits per heavy atom. The summed E-state index contributed by atoms with van der Waals surface area (Å²) in [7, 11) is 0. The van der Waals surface area contributed by atoms with Crippen molar-refractivity contribution in [2.24, 2.45) is 10.1 Å². The second-order valence-corrected chi connectivity index (χ2v) is 8.76. The van der Waals surface area contributed by atoms with E-state index in [1.165, 1.54) is 16.8 Å². The fourth-order valence-corrected chi connectivity index (χ4v) is 4.46. The number of ether oxygens (including phenoxy) is 2. The summed E-state index contributed by atoms with van der Waals surface area (Å²) in [5, 5.41) is 15.5. The average molecular weight is 476 g/mol. The summed E-state index contributed by atoms with van der Waals surface area (Å²) in [6.45, 7) is 4.59. The molecular formula is C24H21N5O4S. The third-order valence-electron chi connectivity index (χ3n) is 5.41. The van der Waals surface area contributed by atoms with Gasteiger partial charge in [0.1, 0.15) is 5.75 Å². The Hall–Kier alpha value is -3.76. The lowest BCUT2D eigenvalue weighted by Crippen LogP contribution is -2.39. The first kappa shape index (κ1) is 22.1. The molecule has 0 radical (unpaired) electrons. The van der Waals surface area contributed by atoms with Gasteiger partial charge < -0.3 is 14.4 Å². The number of fused-ring (bicyclic) bond motifs is 1. The number of hydrogen-bond acceptors (Lipinski definition) is 8. The fourth-order valence-electron chi connectivity index (χ4n) is 3.52. The molecule has 1 N–H and O–H groups in total. The zero-order valence-corrected chi connectivity index (χ0v) is 19.2. The van der Waals surface area contributed by atoms with Crippen molar-refractivity contribution in [3.63, 3.8) is 0 Å². The normalized spacial score (nSPS) is 19.1. The SMILES string of the molecule is Cc1ccc(C(=O)Oc2ccc(/C=C3/C(=N)N4N=C(N5CCOCC5)SC4=NC3=O)cc2)cc1. The van der Waals surface area contributed by atoms with Crippen LogP contribution in [-0.4, -0.2) is 64.3 Å². The monoisotopic (exact) mass is 475 g/mol. The van der Waals surface area contributed by atoms with E-state index in [2.05, 4.69) is 15.0 Å². The van der Waals surface area contributed by atoms with E-state index in [1.807, 2.05) is 19.1 Å². The lowest BCUT2D eigenvalue weighted by molar-refractivity contribution is -0.114. The fraction of sp³-hybridized carbons (Fsp3) is 0.208. The molecule has 2 aromatic carbocycles. The summed E-state index contributed by atoms with van der Waals surface area (Å²) in [5.41, 5.74) is 2.34. The third kappa shape index (κ3) is 4.50. The molecule has 0 saturated carbocycles. The maximum Gasteiger partial charge on any atom is 0.343 e. The maximum atomic E-state index is 12.6. The van der Waals surface area contributed by atoms with E-state index in [4.69, 9.17) is 14.9 Å². The smallest absolute Gasteiger partial charge is 0.343 e. The number of rotatable bonds is 3. The predicted molar refractivity (Wildman–Crippen MR) is 130 cm³/mol. The van der Waals surface area contributed by atoms with Crippen molar-refractivity contribution in [3.05, 3.63) is 70.8 Å². The van der Waals surface area contributed by atoms with Gasteiger partial charge in [-0.2, -0.15) is 10.0 Å². The zero-order valence-electron chi connectivity index (χ0n) is 18.4. The van der Waals surface area contributed by atoms with Crippen LogP contribution in [0.3, 0.4) is 0 Å². The molecule has 9 nitrogen and oxygen atoms in total. The molecule has 1 fully saturated rings. The summed E-state index contributed by atoms with van der Waals surface area (Å²) >= 11 is 1.28. The number of esters is 1. The van der Waals surface area contributed by atoms with Gasteiger partial charge >= 0.3 is 5.97 Å². The van der Waals surface area contributed by atoms with Crippen LogP contribution in [0.4, 0.5) is 0 Å². The number of carbonyl (C=O) groups excluding carboxylic acids is 2. The predicted octanol–water partition coefficient (Wildman–Crippen LogP) is 3.12. The van der Waals surface area contributed by atoms with Gasteiger partial charge in [-0.3, -0.25) is 10.2 Å². The Balaban J connectivity index is 1.30. The molecule has 5 rings (SSSR count). The van der Waals surface area contributed by atoms with Crippen molar-refractivity contribution in [2.45, 2.75) is 6.92 Å². The van der Waals surface area contributed by atoms with E-state index >= 15 is 0 Å². The second kappa shape index (κ2) is 9.24. The molecule has 0 aliphatic carbocycles. The number of amidine groups is 3. The van der Waals surface area contributed by atoms with Gasteiger partial charge in [-0.05, 0) is 54.6 Å². The van der Waals surface area contributed by atoms with E-state index in [0.717, 1.165) is 5.56 Å². The largest absolute Gasteiger partial charge is 0.423 e. The molecule has 172 valence electrons. The zero-order chi connectivity index (χ0) is 23.7. The molecule has 10 heteroatoms. The Morgan fingerprint density at radius 3 is 2.50 bits per heavy atom. The number of thioether (sulfide) groups is 1. The molecule has 3 aliphatic rings. The van der Waals surface area contributed by atoms with Gasteiger partial charge in [-0.1, -0.05) is 29.8 Å². The van der Waals surface area contributed by atoms with Crippen molar-refractivity contribution in [3.8, 4) is 5.75 Å². The van der Waals surface area contributed by atoms with Gasteiger partial charge in [0.25, 0.3) is 5.91 Å². The second-order valence-electron chi connectivity index (χ2n) is 7.83. The van der Waals surface area contributed by atoms with E-state index in [0.29, 0.717) is 53.5 Å². The number of amides is 1. The third-order valence-corrected chi connectivity index (χ3v) is 6.38. The molecule has 2 aromatic rings. The van der Waals surface area contributed by atoms with Gasteiger partial charge in [0.2, 0.25) is 5.17 Å². The molecule has 3 heterocycles. The lowest BCUT2D eigenvalue weighted by Gasteiger charge is -2.26. The Morgan fingerprint density at radius 2 is 1.79 bits per heavy atom. The first-order valence-electron chi connectivity index (χ1n) is 10.7. The van der Waals surface area contributed by atoms with Crippen molar-refractivity contribution in [2.75, 3.05) is 26.3 Å². The minimum atomic E-state index is -0.489. The Labute approximate surface area is 200 Å². The number of aryl methyl sites for hydroxylation is 1. The van der Waals surface area contributed by atoms with E-state index in [-0.39, 0.29) is 11.4 Å². The van der Waals surface area contributed by atoms with Crippen molar-refractivity contribution in [1.29, 1.82) is 5.41 Å². The Kier molecular flexibility index (Phi) is 5.99. The van der Waals surface area contributed by atoms with Gasteiger partial charge in [0.15, 0.2) is 11.0 Å². The lowest BCUT2D eigenvalue weighted by atomic mass is 10.1. The first-order chi connectivity index (χ1) is 16.5. The molecule has 1 saturated heterocycles. The summed E-state index contributed by atoms with van der Waals surface area (Å²) < 4.78 is 10.8. The minimum Gasteiger partial charge on any atom is -0.423 e. The highest BCUT2D eigenvalue weighted by Gasteiger charge is 2.37. The molecule has 0 spiro atoms. The quantitative estimate of drug-likeness (QED) is 0.413. The summed E-state index contributed by atoms with van der Waals surface area (Å²) in [6, 6.07) is 13.8. The topological polar surface area (TPSA) is 108 Å². The van der Waals surface area contributed by atoms with Crippen molar-refractivity contribution < 1.29 is 19.1 Å². The van der Waals surface area contributed by atoms with Crippen LogP contribution in [-0.2, 0) is 9.53 Å². The van der Waals surface area contributed by atoms with Gasteiger partial charge in [-0.15, -0.1) is 5.10 Å². The minimum absolute atomic E-state index is 0.0272. The van der Waals surface area contributed by atoms with Gasteiger partial charge in [-0.25, -0.2) is 4.79 Å². The van der Waals surface area contributed by atoms with Gasteiger partial charge in [0, 0.05) is 13.1 Å². The molecule has 1 amide bonds. The number of nitrogens with one attached hydrogen (secondary N) is 1. The van der Waals surface area contributed by atoms with Crippen LogP contribution in [0.2, 0.25) is 0 Å². The molecule has 0 bridgehead atoms. The number of morpholine rings is 1. The first-order valence-corrected chi connectivity index (χ1v) is 11.5. The number of nitrogens with zero attached hydrogens (tertiary/aromatic N) is 4. The van der Waals surface area contributed by atoms with E-state index in [9.17, 15) is 9.59 Å². The van der Waals surface area contributed by atoms with Gasteiger partial charge in [0.05, 0.1) is 24.4 Å². The summed E-state index contributed by atoms with van der Waals surface area (Å²) in [4.78, 5) is 31.1. The number of benzene rings is 2. The van der Waals surface area contributed by atoms with Crippen molar-refractivity contribution >= 4 is 45.9 Å². The molecule has 34 heavy (non-hydrogen) atoms. The highest BCUT2D eigenvalue weighted by atomic mass is 32.2. The van der Waals surface area contributed by atoms with Crippen LogP contribution in [0.15, 0.2) is 64.2 Å². The van der Waals surface area contributed by atoms with Crippen LogP contribution in [0.25, 0.3) is 6.08 Å². The van der Waals surface area contributed by atoms with Crippen LogP contribution in [0.5, 0.6) is 5.75 Å². The number of aliphatic imine (C=N–C) groups is 1. The van der Waals surface area contributed by atoms with E-state index < -0.39 is 11.9 Å². The summed E-state index contributed by atoms with van der Waals surface area (Å²) in [6.07, 6.45) is 1.59. The molecule has 0 aromatic heterocycles. The number of carbonyl (C=O) groups is 2. The highest BCUT2D eigenvalue weighted by Crippen LogP contribution is 2.30. The summed E-state index contributed by atoms with van der Waals surface area (Å²) in [5.74, 6) is -0.580. The average Bonchev–Trinajstić information content (AvgIpc) is 3.28. The van der Waals surface area contributed by atoms with Crippen LogP contribution in [0, 0.1) is 12.3 Å².